The van der Waals surface area contributed by atoms with Crippen molar-refractivity contribution in [1.29, 1.82) is 0 Å². The number of ether oxygens (including phenoxy) is 1. The molecule has 0 fully saturated rings. The van der Waals surface area contributed by atoms with Gasteiger partial charge >= 0.3 is 0 Å². The summed E-state index contributed by atoms with van der Waals surface area (Å²) in [4.78, 5) is 11.9. The van der Waals surface area contributed by atoms with Crippen LogP contribution in [-0.2, 0) is 0 Å². The van der Waals surface area contributed by atoms with Gasteiger partial charge in [0.15, 0.2) is 11.9 Å². The first-order valence-electron chi connectivity index (χ1n) is 5.27. The molecule has 1 unspecified atom stereocenters. The van der Waals surface area contributed by atoms with Crippen LogP contribution >= 0.6 is 0 Å². The fraction of sp³-hybridized carbons (Fsp3) is 0.154. The molecule has 3 rings (SSSR count). The summed E-state index contributed by atoms with van der Waals surface area (Å²) in [5.41, 5.74) is 0.299. The summed E-state index contributed by atoms with van der Waals surface area (Å²) >= 11 is 0. The van der Waals surface area contributed by atoms with Crippen molar-refractivity contribution in [2.75, 3.05) is 0 Å². The van der Waals surface area contributed by atoms with Gasteiger partial charge in [-0.2, -0.15) is 0 Å². The number of benzene rings is 1. The molecule has 3 nitrogen and oxygen atoms in total. The number of ketones is 1. The SMILES string of the molecule is O=C1CC(c2ccco2)Oc2ccc(F)cc21. The lowest BCUT2D eigenvalue weighted by Gasteiger charge is -2.23. The summed E-state index contributed by atoms with van der Waals surface area (Å²) < 4.78 is 23.8. The van der Waals surface area contributed by atoms with E-state index < -0.39 is 11.9 Å². The van der Waals surface area contributed by atoms with E-state index in [2.05, 4.69) is 0 Å². The molecule has 0 saturated carbocycles. The van der Waals surface area contributed by atoms with E-state index in [1.807, 2.05) is 0 Å². The van der Waals surface area contributed by atoms with Crippen LogP contribution in [0.3, 0.4) is 0 Å². The summed E-state index contributed by atoms with van der Waals surface area (Å²) in [5.74, 6) is 0.446. The molecule has 4 heteroatoms. The van der Waals surface area contributed by atoms with E-state index in [1.165, 1.54) is 24.5 Å². The van der Waals surface area contributed by atoms with Gasteiger partial charge < -0.3 is 9.15 Å². The number of rotatable bonds is 1. The van der Waals surface area contributed by atoms with Gasteiger partial charge in [0.1, 0.15) is 17.3 Å². The molecule has 2 aromatic rings. The third-order valence-electron chi connectivity index (χ3n) is 2.74. The maximum atomic E-state index is 13.0. The van der Waals surface area contributed by atoms with Crippen molar-refractivity contribution in [2.45, 2.75) is 12.5 Å². The molecule has 1 aliphatic rings. The Kier molecular flexibility index (Phi) is 2.21. The van der Waals surface area contributed by atoms with Crippen LogP contribution in [0.2, 0.25) is 0 Å². The molecule has 0 bridgehead atoms. The van der Waals surface area contributed by atoms with Crippen LogP contribution in [0, 0.1) is 5.82 Å². The van der Waals surface area contributed by atoms with Crippen LogP contribution in [0.25, 0.3) is 0 Å². The van der Waals surface area contributed by atoms with E-state index in [-0.39, 0.29) is 12.2 Å². The number of hydrogen-bond donors (Lipinski definition) is 0. The summed E-state index contributed by atoms with van der Waals surface area (Å²) in [5, 5.41) is 0. The summed E-state index contributed by atoms with van der Waals surface area (Å²) in [6.07, 6.45) is 1.28. The topological polar surface area (TPSA) is 39.4 Å². The smallest absolute Gasteiger partial charge is 0.170 e. The van der Waals surface area contributed by atoms with Gasteiger partial charge in [-0.15, -0.1) is 0 Å². The minimum atomic E-state index is -0.433. The molecule has 0 spiro atoms. The molecule has 0 saturated heterocycles. The van der Waals surface area contributed by atoms with Crippen molar-refractivity contribution in [2.24, 2.45) is 0 Å². The highest BCUT2D eigenvalue weighted by Crippen LogP contribution is 2.35. The molecule has 0 amide bonds. The molecular weight excluding hydrogens is 223 g/mol. The summed E-state index contributed by atoms with van der Waals surface area (Å²) in [6, 6.07) is 7.44. The van der Waals surface area contributed by atoms with E-state index in [9.17, 15) is 9.18 Å². The molecule has 1 aromatic heterocycles. The predicted octanol–water partition coefficient (Wildman–Crippen LogP) is 3.13. The standard InChI is InChI=1S/C13H9FO3/c14-8-3-4-11-9(6-8)10(15)7-13(17-11)12-2-1-5-16-12/h1-6,13H,7H2. The number of Topliss-reactive ketones (excluding diaryl/α,β-unsaturated/α-hetero) is 1. The van der Waals surface area contributed by atoms with Crippen molar-refractivity contribution in [3.63, 3.8) is 0 Å². The summed E-state index contributed by atoms with van der Waals surface area (Å²) in [6.45, 7) is 0. The molecule has 17 heavy (non-hydrogen) atoms. The minimum absolute atomic E-state index is 0.132. The molecule has 1 aliphatic heterocycles. The monoisotopic (exact) mass is 232 g/mol. The molecular formula is C13H9FO3. The third kappa shape index (κ3) is 1.71. The summed E-state index contributed by atoms with van der Waals surface area (Å²) in [7, 11) is 0. The maximum absolute atomic E-state index is 13.0. The van der Waals surface area contributed by atoms with Crippen LogP contribution in [0.5, 0.6) is 5.75 Å². The Morgan fingerprint density at radius 1 is 1.29 bits per heavy atom. The van der Waals surface area contributed by atoms with Crippen molar-refractivity contribution < 1.29 is 18.3 Å². The molecule has 0 aliphatic carbocycles. The van der Waals surface area contributed by atoms with Crippen molar-refractivity contribution >= 4 is 5.78 Å². The van der Waals surface area contributed by atoms with Gasteiger partial charge in [-0.25, -0.2) is 4.39 Å². The molecule has 0 radical (unpaired) electrons. The molecule has 2 heterocycles. The van der Waals surface area contributed by atoms with E-state index in [1.54, 1.807) is 12.1 Å². The number of fused-ring (bicyclic) bond motifs is 1. The van der Waals surface area contributed by atoms with Gasteiger partial charge in [0, 0.05) is 0 Å². The number of furan rings is 1. The Labute approximate surface area is 96.8 Å². The van der Waals surface area contributed by atoms with Gasteiger partial charge in [-0.1, -0.05) is 0 Å². The zero-order valence-corrected chi connectivity index (χ0v) is 8.85. The number of hydrogen-bond acceptors (Lipinski definition) is 3. The molecule has 0 N–H and O–H groups in total. The quantitative estimate of drug-likeness (QED) is 0.758. The average molecular weight is 232 g/mol. The number of carbonyl (C=O) groups excluding carboxylic acids is 1. The highest BCUT2D eigenvalue weighted by atomic mass is 19.1. The Morgan fingerprint density at radius 2 is 2.18 bits per heavy atom. The third-order valence-corrected chi connectivity index (χ3v) is 2.74. The second kappa shape index (κ2) is 3.73. The van der Waals surface area contributed by atoms with Crippen LogP contribution < -0.4 is 4.74 Å². The lowest BCUT2D eigenvalue weighted by atomic mass is 9.99. The Morgan fingerprint density at radius 3 is 2.94 bits per heavy atom. The van der Waals surface area contributed by atoms with Crippen LogP contribution in [0.15, 0.2) is 41.0 Å². The number of halogens is 1. The van der Waals surface area contributed by atoms with Crippen LogP contribution in [-0.4, -0.2) is 5.78 Å². The molecule has 1 atom stereocenters. The average Bonchev–Trinajstić information content (AvgIpc) is 2.83. The van der Waals surface area contributed by atoms with Gasteiger partial charge in [0.2, 0.25) is 0 Å². The first-order valence-corrected chi connectivity index (χ1v) is 5.27. The minimum Gasteiger partial charge on any atom is -0.481 e. The Balaban J connectivity index is 1.99. The second-order valence-electron chi connectivity index (χ2n) is 3.89. The maximum Gasteiger partial charge on any atom is 0.170 e. The van der Waals surface area contributed by atoms with Gasteiger partial charge in [-0.3, -0.25) is 4.79 Å². The highest BCUT2D eigenvalue weighted by molar-refractivity contribution is 5.99. The lowest BCUT2D eigenvalue weighted by Crippen LogP contribution is -2.20. The fourth-order valence-corrected chi connectivity index (χ4v) is 1.93. The largest absolute Gasteiger partial charge is 0.481 e. The van der Waals surface area contributed by atoms with Crippen molar-refractivity contribution in [3.8, 4) is 5.75 Å². The zero-order valence-electron chi connectivity index (χ0n) is 8.85. The first-order chi connectivity index (χ1) is 8.24. The predicted molar refractivity (Wildman–Crippen MR) is 57.4 cm³/mol. The van der Waals surface area contributed by atoms with Gasteiger partial charge in [0.05, 0.1) is 18.2 Å². The van der Waals surface area contributed by atoms with Gasteiger partial charge in [0.25, 0.3) is 0 Å². The number of carbonyl (C=O) groups is 1. The van der Waals surface area contributed by atoms with E-state index in [4.69, 9.17) is 9.15 Å². The van der Waals surface area contributed by atoms with Crippen molar-refractivity contribution in [3.05, 3.63) is 53.7 Å². The van der Waals surface area contributed by atoms with Crippen LogP contribution in [0.1, 0.15) is 28.6 Å². The van der Waals surface area contributed by atoms with E-state index in [0.717, 1.165) is 0 Å². The lowest BCUT2D eigenvalue weighted by molar-refractivity contribution is 0.0816. The molecule has 1 aromatic carbocycles. The van der Waals surface area contributed by atoms with E-state index >= 15 is 0 Å². The van der Waals surface area contributed by atoms with Gasteiger partial charge in [-0.05, 0) is 30.3 Å². The Hall–Kier alpha value is -2.10. The highest BCUT2D eigenvalue weighted by Gasteiger charge is 2.29. The molecule has 86 valence electrons. The van der Waals surface area contributed by atoms with Crippen molar-refractivity contribution in [1.82, 2.24) is 0 Å². The Bertz CT molecular complexity index is 560. The van der Waals surface area contributed by atoms with E-state index in [0.29, 0.717) is 17.1 Å². The second-order valence-corrected chi connectivity index (χ2v) is 3.89. The first kappa shape index (κ1) is 10.1. The van der Waals surface area contributed by atoms with Crippen LogP contribution in [0.4, 0.5) is 4.39 Å². The fourth-order valence-electron chi connectivity index (χ4n) is 1.93. The normalized spacial score (nSPS) is 18.6. The zero-order chi connectivity index (χ0) is 11.8.